The van der Waals surface area contributed by atoms with Gasteiger partial charge in [0.25, 0.3) is 0 Å². The summed E-state index contributed by atoms with van der Waals surface area (Å²) in [7, 11) is 0. The summed E-state index contributed by atoms with van der Waals surface area (Å²) in [4.78, 5) is 4.07. The molecule has 3 rings (SSSR count). The van der Waals surface area contributed by atoms with Crippen molar-refractivity contribution in [3.63, 3.8) is 0 Å². The SMILES string of the molecule is c1cc(NC2CCCOC2)cc(-n2ccnc2)c1. The van der Waals surface area contributed by atoms with Crippen molar-refractivity contribution < 1.29 is 4.74 Å². The fourth-order valence-corrected chi connectivity index (χ4v) is 2.26. The van der Waals surface area contributed by atoms with Gasteiger partial charge in [-0.2, -0.15) is 0 Å². The maximum Gasteiger partial charge on any atom is 0.0991 e. The van der Waals surface area contributed by atoms with Crippen molar-refractivity contribution in [2.75, 3.05) is 18.5 Å². The van der Waals surface area contributed by atoms with Crippen LogP contribution in [0.4, 0.5) is 5.69 Å². The Bertz CT molecular complexity index is 490. The van der Waals surface area contributed by atoms with Crippen LogP contribution in [0.2, 0.25) is 0 Å². The second-order valence-electron chi connectivity index (χ2n) is 4.58. The van der Waals surface area contributed by atoms with Gasteiger partial charge in [-0.1, -0.05) is 6.07 Å². The molecule has 1 aliphatic rings. The summed E-state index contributed by atoms with van der Waals surface area (Å²) in [5, 5.41) is 3.52. The molecule has 1 fully saturated rings. The summed E-state index contributed by atoms with van der Waals surface area (Å²) >= 11 is 0. The fourth-order valence-electron chi connectivity index (χ4n) is 2.26. The van der Waals surface area contributed by atoms with Crippen LogP contribution in [-0.4, -0.2) is 28.8 Å². The zero-order chi connectivity index (χ0) is 12.2. The first-order valence-corrected chi connectivity index (χ1v) is 6.34. The van der Waals surface area contributed by atoms with E-state index in [0.717, 1.165) is 31.0 Å². The molecule has 1 saturated heterocycles. The Kier molecular flexibility index (Phi) is 3.28. The first-order valence-electron chi connectivity index (χ1n) is 6.34. The van der Waals surface area contributed by atoms with Crippen LogP contribution in [0, 0.1) is 0 Å². The molecular formula is C14H17N3O. The lowest BCUT2D eigenvalue weighted by molar-refractivity contribution is 0.0876. The zero-order valence-electron chi connectivity index (χ0n) is 10.2. The van der Waals surface area contributed by atoms with E-state index in [1.807, 2.05) is 17.1 Å². The highest BCUT2D eigenvalue weighted by atomic mass is 16.5. The number of benzene rings is 1. The number of nitrogens with one attached hydrogen (secondary N) is 1. The van der Waals surface area contributed by atoms with Crippen molar-refractivity contribution >= 4 is 5.69 Å². The summed E-state index contributed by atoms with van der Waals surface area (Å²) < 4.78 is 7.48. The van der Waals surface area contributed by atoms with Gasteiger partial charge in [0, 0.05) is 36.4 Å². The van der Waals surface area contributed by atoms with Crippen molar-refractivity contribution in [3.05, 3.63) is 43.0 Å². The van der Waals surface area contributed by atoms with E-state index in [9.17, 15) is 0 Å². The second kappa shape index (κ2) is 5.23. The van der Waals surface area contributed by atoms with E-state index in [1.165, 1.54) is 6.42 Å². The highest BCUT2D eigenvalue weighted by Crippen LogP contribution is 2.17. The van der Waals surface area contributed by atoms with E-state index in [0.29, 0.717) is 6.04 Å². The first kappa shape index (κ1) is 11.3. The minimum Gasteiger partial charge on any atom is -0.380 e. The molecule has 4 heteroatoms. The Labute approximate surface area is 107 Å². The van der Waals surface area contributed by atoms with Crippen molar-refractivity contribution in [2.45, 2.75) is 18.9 Å². The molecule has 0 saturated carbocycles. The summed E-state index contributed by atoms with van der Waals surface area (Å²) in [6.45, 7) is 1.70. The predicted molar refractivity (Wildman–Crippen MR) is 71.0 cm³/mol. The Morgan fingerprint density at radius 2 is 2.39 bits per heavy atom. The second-order valence-corrected chi connectivity index (χ2v) is 4.58. The fraction of sp³-hybridized carbons (Fsp3) is 0.357. The number of imidazole rings is 1. The van der Waals surface area contributed by atoms with Crippen LogP contribution in [0.15, 0.2) is 43.0 Å². The quantitative estimate of drug-likeness (QED) is 0.900. The van der Waals surface area contributed by atoms with E-state index in [1.54, 1.807) is 6.20 Å². The topological polar surface area (TPSA) is 39.1 Å². The number of hydrogen-bond donors (Lipinski definition) is 1. The maximum atomic E-state index is 5.48. The maximum absolute atomic E-state index is 5.48. The van der Waals surface area contributed by atoms with Crippen LogP contribution >= 0.6 is 0 Å². The molecule has 4 nitrogen and oxygen atoms in total. The lowest BCUT2D eigenvalue weighted by atomic mass is 10.1. The van der Waals surface area contributed by atoms with Gasteiger partial charge in [-0.15, -0.1) is 0 Å². The lowest BCUT2D eigenvalue weighted by Gasteiger charge is -2.24. The van der Waals surface area contributed by atoms with Gasteiger partial charge < -0.3 is 14.6 Å². The molecule has 1 aromatic heterocycles. The largest absolute Gasteiger partial charge is 0.380 e. The first-order chi connectivity index (χ1) is 8.92. The number of anilines is 1. The van der Waals surface area contributed by atoms with Crippen LogP contribution in [-0.2, 0) is 4.74 Å². The number of aromatic nitrogens is 2. The number of nitrogens with zero attached hydrogens (tertiary/aromatic N) is 2. The summed E-state index contributed by atoms with van der Waals surface area (Å²) in [5.41, 5.74) is 2.26. The van der Waals surface area contributed by atoms with Crippen LogP contribution in [0.25, 0.3) is 5.69 Å². The predicted octanol–water partition coefficient (Wildman–Crippen LogP) is 2.46. The van der Waals surface area contributed by atoms with Crippen LogP contribution in [0.1, 0.15) is 12.8 Å². The minimum absolute atomic E-state index is 0.428. The monoisotopic (exact) mass is 243 g/mol. The highest BCUT2D eigenvalue weighted by molar-refractivity contribution is 5.51. The van der Waals surface area contributed by atoms with Crippen LogP contribution in [0.5, 0.6) is 0 Å². The van der Waals surface area contributed by atoms with E-state index in [4.69, 9.17) is 4.74 Å². The molecule has 0 amide bonds. The molecule has 2 heterocycles. The van der Waals surface area contributed by atoms with Gasteiger partial charge in [-0.3, -0.25) is 0 Å². The van der Waals surface area contributed by atoms with Crippen molar-refractivity contribution in [2.24, 2.45) is 0 Å². The van der Waals surface area contributed by atoms with E-state index in [-0.39, 0.29) is 0 Å². The smallest absolute Gasteiger partial charge is 0.0991 e. The molecule has 0 radical (unpaired) electrons. The number of ether oxygens (including phenoxy) is 1. The van der Waals surface area contributed by atoms with Gasteiger partial charge in [0.2, 0.25) is 0 Å². The lowest BCUT2D eigenvalue weighted by Crippen LogP contribution is -2.29. The molecule has 1 N–H and O–H groups in total. The molecule has 18 heavy (non-hydrogen) atoms. The van der Waals surface area contributed by atoms with Gasteiger partial charge in [-0.05, 0) is 31.0 Å². The van der Waals surface area contributed by atoms with Crippen molar-refractivity contribution in [3.8, 4) is 5.69 Å². The van der Waals surface area contributed by atoms with Crippen molar-refractivity contribution in [1.29, 1.82) is 0 Å². The van der Waals surface area contributed by atoms with E-state index >= 15 is 0 Å². The molecule has 1 aromatic carbocycles. The van der Waals surface area contributed by atoms with Crippen LogP contribution in [0.3, 0.4) is 0 Å². The summed E-state index contributed by atoms with van der Waals surface area (Å²) in [6, 6.07) is 8.79. The average Bonchev–Trinajstić information content (AvgIpc) is 2.94. The molecular weight excluding hydrogens is 226 g/mol. The molecule has 0 spiro atoms. The highest BCUT2D eigenvalue weighted by Gasteiger charge is 2.13. The Morgan fingerprint density at radius 1 is 1.39 bits per heavy atom. The number of rotatable bonds is 3. The minimum atomic E-state index is 0.428. The average molecular weight is 243 g/mol. The third kappa shape index (κ3) is 2.54. The van der Waals surface area contributed by atoms with E-state index in [2.05, 4.69) is 34.6 Å². The van der Waals surface area contributed by atoms with Gasteiger partial charge in [0.1, 0.15) is 0 Å². The summed E-state index contributed by atoms with van der Waals surface area (Å²) in [6.07, 6.45) is 7.86. The van der Waals surface area contributed by atoms with E-state index < -0.39 is 0 Å². The molecule has 1 aliphatic heterocycles. The third-order valence-corrected chi connectivity index (χ3v) is 3.18. The third-order valence-electron chi connectivity index (χ3n) is 3.18. The Morgan fingerprint density at radius 3 is 3.17 bits per heavy atom. The van der Waals surface area contributed by atoms with Gasteiger partial charge in [0.05, 0.1) is 12.9 Å². The number of hydrogen-bond acceptors (Lipinski definition) is 3. The Hall–Kier alpha value is -1.81. The van der Waals surface area contributed by atoms with Gasteiger partial charge in [0.15, 0.2) is 0 Å². The standard InChI is InChI=1S/C14H17N3O/c1-3-12(16-13-4-2-8-18-10-13)9-14(5-1)17-7-6-15-11-17/h1,3,5-7,9,11,13,16H,2,4,8,10H2. The Balaban J connectivity index is 1.74. The molecule has 94 valence electrons. The molecule has 0 aliphatic carbocycles. The van der Waals surface area contributed by atoms with Gasteiger partial charge in [-0.25, -0.2) is 4.98 Å². The molecule has 2 aromatic rings. The molecule has 0 bridgehead atoms. The zero-order valence-corrected chi connectivity index (χ0v) is 10.2. The van der Waals surface area contributed by atoms with Crippen molar-refractivity contribution in [1.82, 2.24) is 9.55 Å². The normalized spacial score (nSPS) is 19.7. The van der Waals surface area contributed by atoms with Gasteiger partial charge >= 0.3 is 0 Å². The summed E-state index contributed by atoms with van der Waals surface area (Å²) in [5.74, 6) is 0. The molecule has 1 unspecified atom stereocenters. The molecule has 1 atom stereocenters. The van der Waals surface area contributed by atoms with Crippen LogP contribution < -0.4 is 5.32 Å².